The summed E-state index contributed by atoms with van der Waals surface area (Å²) >= 11 is 0. The molecule has 3 rings (SSSR count). The molecule has 0 bridgehead atoms. The number of nitrogens with one attached hydrogen (secondary N) is 1. The lowest BCUT2D eigenvalue weighted by molar-refractivity contribution is -0.166. The Hall–Kier alpha value is -3.75. The Bertz CT molecular complexity index is 1390. The Morgan fingerprint density at radius 2 is 1.88 bits per heavy atom. The number of aryl methyl sites for hydroxylation is 1. The zero-order chi connectivity index (χ0) is 31.1. The van der Waals surface area contributed by atoms with E-state index in [2.05, 4.69) is 20.5 Å². The maximum absolute atomic E-state index is 13.4. The highest BCUT2D eigenvalue weighted by Crippen LogP contribution is 2.41. The molecule has 0 spiro atoms. The number of nitrogens with zero attached hydrogens (tertiary/aromatic N) is 6. The van der Waals surface area contributed by atoms with Crippen molar-refractivity contribution < 1.29 is 48.2 Å². The van der Waals surface area contributed by atoms with Crippen molar-refractivity contribution in [1.82, 2.24) is 30.0 Å². The monoisotopic (exact) mass is 613 g/mol. The summed E-state index contributed by atoms with van der Waals surface area (Å²) < 4.78 is 28.4. The second kappa shape index (κ2) is 14.4. The predicted octanol–water partition coefficient (Wildman–Crippen LogP) is 0.216. The van der Waals surface area contributed by atoms with Crippen molar-refractivity contribution in [3.63, 3.8) is 0 Å². The van der Waals surface area contributed by atoms with Gasteiger partial charge >= 0.3 is 23.5 Å². The van der Waals surface area contributed by atoms with Crippen molar-refractivity contribution in [2.75, 3.05) is 13.2 Å². The topological polar surface area (TPSA) is 239 Å². The van der Waals surface area contributed by atoms with Gasteiger partial charge in [0.05, 0.1) is 18.4 Å². The molecular formula is C23H32N7O11P. The molecular weight excluding hydrogens is 581 g/mol. The van der Waals surface area contributed by atoms with Gasteiger partial charge in [0.2, 0.25) is 5.85 Å². The highest BCUT2D eigenvalue weighted by molar-refractivity contribution is 7.52. The van der Waals surface area contributed by atoms with Crippen LogP contribution in [-0.2, 0) is 44.3 Å². The van der Waals surface area contributed by atoms with E-state index in [0.717, 1.165) is 13.8 Å². The van der Waals surface area contributed by atoms with Gasteiger partial charge < -0.3 is 33.8 Å². The number of carbonyl (C=O) groups is 3. The number of carboxylic acids is 1. The van der Waals surface area contributed by atoms with Crippen LogP contribution in [0.25, 0.3) is 11.0 Å². The first-order valence-corrected chi connectivity index (χ1v) is 14.2. The Morgan fingerprint density at radius 3 is 2.45 bits per heavy atom. The summed E-state index contributed by atoms with van der Waals surface area (Å²) in [5.41, 5.74) is -0.815. The molecule has 6 unspecified atom stereocenters. The van der Waals surface area contributed by atoms with Crippen molar-refractivity contribution in [1.29, 1.82) is 5.26 Å². The van der Waals surface area contributed by atoms with Crippen LogP contribution in [0.2, 0.25) is 0 Å². The van der Waals surface area contributed by atoms with Gasteiger partial charge in [-0.15, -0.1) is 10.2 Å². The number of hydrogen-bond donors (Lipinski definition) is 3. The quantitative estimate of drug-likeness (QED) is 0.147. The van der Waals surface area contributed by atoms with Gasteiger partial charge in [-0.3, -0.25) is 19.5 Å². The number of carboxylic acid groups (broad SMARTS) is 1. The van der Waals surface area contributed by atoms with Gasteiger partial charge in [-0.05, 0) is 20.3 Å². The second-order valence-electron chi connectivity index (χ2n) is 9.40. The average Bonchev–Trinajstić information content (AvgIpc) is 3.38. The number of ether oxygens (including phenoxy) is 4. The molecule has 1 aliphatic rings. The summed E-state index contributed by atoms with van der Waals surface area (Å²) in [6.45, 7) is 6.59. The number of fused-ring (bicyclic) bond motifs is 1. The summed E-state index contributed by atoms with van der Waals surface area (Å²) in [6, 6.07) is 1.55. The Morgan fingerprint density at radius 1 is 1.21 bits per heavy atom. The number of aromatic nitrogens is 5. The highest BCUT2D eigenvalue weighted by atomic mass is 31.2. The third-order valence-corrected chi connectivity index (χ3v) is 7.65. The molecule has 230 valence electrons. The van der Waals surface area contributed by atoms with Crippen LogP contribution in [0.5, 0.6) is 0 Å². The minimum Gasteiger partial charge on any atom is -0.479 e. The molecule has 3 heterocycles. The van der Waals surface area contributed by atoms with Crippen LogP contribution < -0.4 is 10.6 Å². The zero-order valence-corrected chi connectivity index (χ0v) is 24.4. The van der Waals surface area contributed by atoms with Gasteiger partial charge in [0.15, 0.2) is 24.0 Å². The molecule has 1 saturated heterocycles. The molecule has 0 radical (unpaired) electrons. The summed E-state index contributed by atoms with van der Waals surface area (Å²) in [5.74, 6) is -4.62. The number of aliphatic carboxylic acids is 1. The highest BCUT2D eigenvalue weighted by Gasteiger charge is 2.52. The van der Waals surface area contributed by atoms with Crippen LogP contribution in [0.1, 0.15) is 53.0 Å². The fourth-order valence-corrected chi connectivity index (χ4v) is 5.66. The van der Waals surface area contributed by atoms with Gasteiger partial charge in [0.25, 0.3) is 0 Å². The Kier molecular flexibility index (Phi) is 11.3. The fourth-order valence-electron chi connectivity index (χ4n) is 4.19. The van der Waals surface area contributed by atoms with E-state index in [1.807, 2.05) is 6.92 Å². The molecule has 19 heteroatoms. The molecule has 3 N–H and O–H groups in total. The van der Waals surface area contributed by atoms with Gasteiger partial charge in [-0.2, -0.15) is 9.94 Å². The molecule has 2 aromatic rings. The molecule has 0 aliphatic carbocycles. The van der Waals surface area contributed by atoms with E-state index in [9.17, 15) is 29.5 Å². The normalized spacial score (nSPS) is 21.6. The van der Waals surface area contributed by atoms with E-state index in [-0.39, 0.29) is 17.1 Å². The van der Waals surface area contributed by atoms with Crippen molar-refractivity contribution in [2.45, 2.75) is 83.9 Å². The molecule has 1 fully saturated rings. The van der Waals surface area contributed by atoms with Gasteiger partial charge in [0.1, 0.15) is 26.5 Å². The first-order chi connectivity index (χ1) is 19.9. The molecule has 6 atom stereocenters. The summed E-state index contributed by atoms with van der Waals surface area (Å²) in [7, 11) is -2.03. The lowest BCUT2D eigenvalue weighted by Gasteiger charge is -2.27. The number of esters is 2. The van der Waals surface area contributed by atoms with Crippen LogP contribution in [0.3, 0.4) is 0 Å². The largest absolute Gasteiger partial charge is 0.479 e. The van der Waals surface area contributed by atoms with E-state index in [1.165, 1.54) is 0 Å². The van der Waals surface area contributed by atoms with Gasteiger partial charge in [-0.1, -0.05) is 23.4 Å². The first-order valence-electron chi connectivity index (χ1n) is 12.8. The van der Waals surface area contributed by atoms with Gasteiger partial charge in [0, 0.05) is 19.9 Å². The summed E-state index contributed by atoms with van der Waals surface area (Å²) in [5, 5.41) is 43.8. The minimum atomic E-state index is -2.03. The molecule has 0 amide bonds. The third kappa shape index (κ3) is 7.55. The standard InChI is InChI=1S/C23H32N7O11P/c1-6-7-14-16-17(30(36)26-14)20(33)29(28-25-16)21-19(40-13(5)32)18(39-12(4)31)15(41-21)10-37-23(22(34)35)42(27-11(2)3)38-9-8-24/h11,15,18-19,21,23,27,36H,6-7,9-10H2,1-5H3,(H,34,35). The SMILES string of the molecule is CCCc1nn(O)c2c(=O)n(C3OC(COC(C(=O)O)P(NC(C)C)OCC#N)C(OC(C)=O)C3OC(C)=O)nnc12. The number of carbonyl (C=O) groups excluding carboxylic acids is 2. The lowest BCUT2D eigenvalue weighted by atomic mass is 10.1. The lowest BCUT2D eigenvalue weighted by Crippen LogP contribution is -2.43. The minimum absolute atomic E-state index is 0.0618. The molecule has 18 nitrogen and oxygen atoms in total. The van der Waals surface area contributed by atoms with Crippen LogP contribution in [0.15, 0.2) is 4.79 Å². The van der Waals surface area contributed by atoms with E-state index in [1.54, 1.807) is 19.9 Å². The molecule has 42 heavy (non-hydrogen) atoms. The Labute approximate surface area is 240 Å². The Balaban J connectivity index is 2.00. The number of rotatable bonds is 14. The molecule has 1 aliphatic heterocycles. The maximum Gasteiger partial charge on any atom is 0.341 e. The molecule has 0 saturated carbocycles. The number of nitriles is 1. The maximum atomic E-state index is 13.4. The molecule has 0 aromatic carbocycles. The van der Waals surface area contributed by atoms with Crippen LogP contribution >= 0.6 is 8.30 Å². The van der Waals surface area contributed by atoms with Crippen LogP contribution in [0, 0.1) is 11.3 Å². The van der Waals surface area contributed by atoms with Crippen molar-refractivity contribution in [3.05, 3.63) is 16.0 Å². The van der Waals surface area contributed by atoms with E-state index >= 15 is 0 Å². The average molecular weight is 614 g/mol. The first kappa shape index (κ1) is 32.8. The van der Waals surface area contributed by atoms with E-state index in [0.29, 0.717) is 28.1 Å². The van der Waals surface area contributed by atoms with Crippen LogP contribution in [0.4, 0.5) is 0 Å². The van der Waals surface area contributed by atoms with Crippen LogP contribution in [-0.4, -0.2) is 96.6 Å². The van der Waals surface area contributed by atoms with E-state index < -0.39 is 75.4 Å². The van der Waals surface area contributed by atoms with Gasteiger partial charge in [-0.25, -0.2) is 4.79 Å². The van der Waals surface area contributed by atoms with Crippen molar-refractivity contribution in [2.24, 2.45) is 0 Å². The summed E-state index contributed by atoms with van der Waals surface area (Å²) in [4.78, 5) is 49.9. The van der Waals surface area contributed by atoms with Crippen molar-refractivity contribution in [3.8, 4) is 6.07 Å². The fraction of sp³-hybridized carbons (Fsp3) is 0.652. The number of hydrogen-bond acceptors (Lipinski definition) is 15. The second-order valence-corrected chi connectivity index (χ2v) is 11.0. The summed E-state index contributed by atoms with van der Waals surface area (Å²) in [6.07, 6.45) is -4.60. The third-order valence-electron chi connectivity index (χ3n) is 5.68. The zero-order valence-electron chi connectivity index (χ0n) is 23.5. The smallest absolute Gasteiger partial charge is 0.341 e. The van der Waals surface area contributed by atoms with Crippen molar-refractivity contribution >= 4 is 37.2 Å². The molecule has 2 aromatic heterocycles. The van der Waals surface area contributed by atoms with E-state index in [4.69, 9.17) is 28.7 Å². The predicted molar refractivity (Wildman–Crippen MR) is 140 cm³/mol.